The van der Waals surface area contributed by atoms with E-state index in [-0.39, 0.29) is 12.3 Å². The van der Waals surface area contributed by atoms with Crippen molar-refractivity contribution in [3.05, 3.63) is 35.9 Å². The number of hydrogen-bond acceptors (Lipinski definition) is 3. The molecule has 1 aromatic rings. The van der Waals surface area contributed by atoms with E-state index in [0.717, 1.165) is 0 Å². The molecule has 0 spiro atoms. The highest BCUT2D eigenvalue weighted by molar-refractivity contribution is 5.92. The Morgan fingerprint density at radius 2 is 1.59 bits per heavy atom. The van der Waals surface area contributed by atoms with Gasteiger partial charge in [0.25, 0.3) is 0 Å². The summed E-state index contributed by atoms with van der Waals surface area (Å²) in [5.41, 5.74) is 0.623. The SMILES string of the molecule is CC(=O)N[C@@H](CC(C)C)C(=O)N[C@@H](Cc1ccccc1)C(=O)CC(F)(F)F. The third-order valence-corrected chi connectivity index (χ3v) is 3.76. The van der Waals surface area contributed by atoms with Gasteiger partial charge in [0.1, 0.15) is 12.5 Å². The number of carbonyl (C=O) groups excluding carboxylic acids is 3. The lowest BCUT2D eigenvalue weighted by atomic mass is 9.98. The number of carbonyl (C=O) groups is 3. The van der Waals surface area contributed by atoms with Crippen molar-refractivity contribution in [3.8, 4) is 0 Å². The number of rotatable bonds is 9. The van der Waals surface area contributed by atoms with E-state index >= 15 is 0 Å². The molecule has 0 saturated heterocycles. The topological polar surface area (TPSA) is 75.3 Å². The minimum atomic E-state index is -4.66. The molecule has 8 heteroatoms. The molecular formula is C19H25F3N2O3. The Bertz CT molecular complexity index is 645. The minimum Gasteiger partial charge on any atom is -0.345 e. The first-order chi connectivity index (χ1) is 12.5. The third-order valence-electron chi connectivity index (χ3n) is 3.76. The van der Waals surface area contributed by atoms with Gasteiger partial charge in [-0.05, 0) is 24.3 Å². The molecule has 0 fully saturated rings. The molecule has 5 nitrogen and oxygen atoms in total. The molecule has 0 unspecified atom stereocenters. The molecule has 0 bridgehead atoms. The van der Waals surface area contributed by atoms with Crippen LogP contribution in [-0.2, 0) is 20.8 Å². The molecule has 0 aliphatic carbocycles. The van der Waals surface area contributed by atoms with Gasteiger partial charge in [0.15, 0.2) is 5.78 Å². The summed E-state index contributed by atoms with van der Waals surface area (Å²) in [5, 5.41) is 4.88. The smallest absolute Gasteiger partial charge is 0.345 e. The molecule has 27 heavy (non-hydrogen) atoms. The molecule has 2 atom stereocenters. The highest BCUT2D eigenvalue weighted by Gasteiger charge is 2.36. The Hall–Kier alpha value is -2.38. The Labute approximate surface area is 156 Å². The summed E-state index contributed by atoms with van der Waals surface area (Å²) < 4.78 is 38.0. The van der Waals surface area contributed by atoms with Gasteiger partial charge in [0.05, 0.1) is 6.04 Å². The summed E-state index contributed by atoms with van der Waals surface area (Å²) in [4.78, 5) is 36.0. The van der Waals surface area contributed by atoms with Crippen LogP contribution in [0.5, 0.6) is 0 Å². The molecule has 0 aromatic heterocycles. The maximum Gasteiger partial charge on any atom is 0.395 e. The van der Waals surface area contributed by atoms with Crippen LogP contribution in [0.4, 0.5) is 13.2 Å². The molecule has 1 rings (SSSR count). The predicted molar refractivity (Wildman–Crippen MR) is 94.8 cm³/mol. The van der Waals surface area contributed by atoms with Gasteiger partial charge < -0.3 is 10.6 Å². The maximum absolute atomic E-state index is 12.7. The van der Waals surface area contributed by atoms with Crippen molar-refractivity contribution in [1.29, 1.82) is 0 Å². The van der Waals surface area contributed by atoms with Crippen LogP contribution in [0, 0.1) is 5.92 Å². The summed E-state index contributed by atoms with van der Waals surface area (Å²) in [5.74, 6) is -2.16. The largest absolute Gasteiger partial charge is 0.395 e. The number of halogens is 3. The predicted octanol–water partition coefficient (Wildman–Crippen LogP) is 2.79. The Balaban J connectivity index is 2.97. The number of alkyl halides is 3. The second kappa shape index (κ2) is 10.1. The van der Waals surface area contributed by atoms with Crippen LogP contribution in [-0.4, -0.2) is 35.9 Å². The summed E-state index contributed by atoms with van der Waals surface area (Å²) in [7, 11) is 0. The van der Waals surface area contributed by atoms with E-state index in [1.807, 2.05) is 13.8 Å². The van der Waals surface area contributed by atoms with E-state index in [4.69, 9.17) is 0 Å². The summed E-state index contributed by atoms with van der Waals surface area (Å²) in [6.45, 7) is 4.94. The van der Waals surface area contributed by atoms with Gasteiger partial charge >= 0.3 is 6.18 Å². The average Bonchev–Trinajstić information content (AvgIpc) is 2.52. The molecule has 2 amide bonds. The molecular weight excluding hydrogens is 361 g/mol. The molecule has 0 aliphatic rings. The summed E-state index contributed by atoms with van der Waals surface area (Å²) in [6, 6.07) is 6.22. The van der Waals surface area contributed by atoms with Crippen LogP contribution in [0.3, 0.4) is 0 Å². The molecule has 1 aromatic carbocycles. The van der Waals surface area contributed by atoms with Crippen LogP contribution in [0.25, 0.3) is 0 Å². The quantitative estimate of drug-likeness (QED) is 0.685. The van der Waals surface area contributed by atoms with E-state index in [1.165, 1.54) is 6.92 Å². The molecule has 150 valence electrons. The lowest BCUT2D eigenvalue weighted by Gasteiger charge is -2.24. The third kappa shape index (κ3) is 9.21. The number of benzene rings is 1. The summed E-state index contributed by atoms with van der Waals surface area (Å²) >= 11 is 0. The van der Waals surface area contributed by atoms with Crippen molar-refractivity contribution < 1.29 is 27.6 Å². The van der Waals surface area contributed by atoms with Gasteiger partial charge in [-0.25, -0.2) is 0 Å². The van der Waals surface area contributed by atoms with E-state index in [2.05, 4.69) is 10.6 Å². The number of hydrogen-bond donors (Lipinski definition) is 2. The van der Waals surface area contributed by atoms with Crippen LogP contribution in [0.1, 0.15) is 39.2 Å². The fourth-order valence-corrected chi connectivity index (χ4v) is 2.64. The van der Waals surface area contributed by atoms with Gasteiger partial charge in [-0.15, -0.1) is 0 Å². The highest BCUT2D eigenvalue weighted by Crippen LogP contribution is 2.21. The Kier molecular flexibility index (Phi) is 8.46. The van der Waals surface area contributed by atoms with Crippen LogP contribution in [0.2, 0.25) is 0 Å². The van der Waals surface area contributed by atoms with E-state index in [0.29, 0.717) is 12.0 Å². The van der Waals surface area contributed by atoms with Gasteiger partial charge in [-0.1, -0.05) is 44.2 Å². The van der Waals surface area contributed by atoms with Crippen LogP contribution < -0.4 is 10.6 Å². The minimum absolute atomic E-state index is 0.0596. The van der Waals surface area contributed by atoms with Crippen molar-refractivity contribution in [2.75, 3.05) is 0 Å². The van der Waals surface area contributed by atoms with E-state index in [9.17, 15) is 27.6 Å². The number of nitrogens with one attached hydrogen (secondary N) is 2. The average molecular weight is 386 g/mol. The van der Waals surface area contributed by atoms with Gasteiger partial charge in [0, 0.05) is 6.92 Å². The second-order valence-corrected chi connectivity index (χ2v) is 6.89. The van der Waals surface area contributed by atoms with Gasteiger partial charge in [0.2, 0.25) is 11.8 Å². The monoisotopic (exact) mass is 386 g/mol. The maximum atomic E-state index is 12.7. The van der Waals surface area contributed by atoms with Gasteiger partial charge in [-0.3, -0.25) is 14.4 Å². The van der Waals surface area contributed by atoms with E-state index < -0.39 is 42.3 Å². The second-order valence-electron chi connectivity index (χ2n) is 6.89. The number of Topliss-reactive ketones (excluding diaryl/α,β-unsaturated/α-hetero) is 1. The Morgan fingerprint density at radius 1 is 1.00 bits per heavy atom. The fraction of sp³-hybridized carbons (Fsp3) is 0.526. The zero-order chi connectivity index (χ0) is 20.6. The first kappa shape index (κ1) is 22.7. The first-order valence-electron chi connectivity index (χ1n) is 8.68. The van der Waals surface area contributed by atoms with Crippen LogP contribution >= 0.6 is 0 Å². The standard InChI is InChI=1S/C19H25F3N2O3/c1-12(2)9-16(23-13(3)25)18(27)24-15(17(26)11-19(20,21)22)10-14-7-5-4-6-8-14/h4-8,12,15-16H,9-11H2,1-3H3,(H,23,25)(H,24,27)/t15-,16-/m0/s1. The fourth-order valence-electron chi connectivity index (χ4n) is 2.64. The zero-order valence-corrected chi connectivity index (χ0v) is 15.6. The number of amides is 2. The van der Waals surface area contributed by atoms with Crippen molar-refractivity contribution in [3.63, 3.8) is 0 Å². The van der Waals surface area contributed by atoms with Crippen molar-refractivity contribution in [2.24, 2.45) is 5.92 Å². The van der Waals surface area contributed by atoms with Crippen LogP contribution in [0.15, 0.2) is 30.3 Å². The molecule has 0 saturated carbocycles. The molecule has 0 heterocycles. The first-order valence-corrected chi connectivity index (χ1v) is 8.68. The lowest BCUT2D eigenvalue weighted by molar-refractivity contribution is -0.154. The van der Waals surface area contributed by atoms with Crippen molar-refractivity contribution in [1.82, 2.24) is 10.6 Å². The Morgan fingerprint density at radius 3 is 2.07 bits per heavy atom. The van der Waals surface area contributed by atoms with E-state index in [1.54, 1.807) is 30.3 Å². The van der Waals surface area contributed by atoms with Crippen molar-refractivity contribution in [2.45, 2.75) is 58.3 Å². The lowest BCUT2D eigenvalue weighted by Crippen LogP contribution is -2.52. The molecule has 2 N–H and O–H groups in total. The normalized spacial score (nSPS) is 13.7. The highest BCUT2D eigenvalue weighted by atomic mass is 19.4. The number of ketones is 1. The van der Waals surface area contributed by atoms with Crippen molar-refractivity contribution >= 4 is 17.6 Å². The zero-order valence-electron chi connectivity index (χ0n) is 15.6. The summed E-state index contributed by atoms with van der Waals surface area (Å²) in [6.07, 6.45) is -6.04. The molecule has 0 radical (unpaired) electrons. The van der Waals surface area contributed by atoms with Gasteiger partial charge in [-0.2, -0.15) is 13.2 Å². The molecule has 0 aliphatic heterocycles.